The molecule has 3 aromatic rings. The van der Waals surface area contributed by atoms with Gasteiger partial charge in [-0.1, -0.05) is 95.5 Å². The molecule has 0 heterocycles. The van der Waals surface area contributed by atoms with Crippen LogP contribution in [0, 0.1) is 5.92 Å². The largest absolute Gasteiger partial charge is 0.494 e. The summed E-state index contributed by atoms with van der Waals surface area (Å²) in [6.45, 7) is 5.56. The number of aliphatic carboxylic acids is 1. The van der Waals surface area contributed by atoms with E-state index in [2.05, 4.69) is 13.8 Å². The molecule has 0 fully saturated rings. The Labute approximate surface area is 296 Å². The van der Waals surface area contributed by atoms with Crippen LogP contribution in [-0.2, 0) is 20.7 Å². The molecule has 0 spiro atoms. The first kappa shape index (κ1) is 38.0. The minimum atomic E-state index is -1.59. The molecule has 2 atom stereocenters. The van der Waals surface area contributed by atoms with Crippen LogP contribution in [0.1, 0.15) is 104 Å². The smallest absolute Gasteiger partial charge is 0.343 e. The minimum Gasteiger partial charge on any atom is -0.494 e. The van der Waals surface area contributed by atoms with Crippen molar-refractivity contribution in [2.24, 2.45) is 5.92 Å². The van der Waals surface area contributed by atoms with Crippen molar-refractivity contribution >= 4 is 17.9 Å². The summed E-state index contributed by atoms with van der Waals surface area (Å²) >= 11 is 0. The van der Waals surface area contributed by atoms with Gasteiger partial charge < -0.3 is 24.1 Å². The van der Waals surface area contributed by atoms with E-state index in [1.807, 2.05) is 30.3 Å². The summed E-state index contributed by atoms with van der Waals surface area (Å²) in [5.74, 6) is -2.55. The van der Waals surface area contributed by atoms with E-state index in [0.717, 1.165) is 31.2 Å². The normalized spacial score (nSPS) is 16.7. The van der Waals surface area contributed by atoms with Gasteiger partial charge in [-0.25, -0.2) is 9.59 Å². The molecule has 2 unspecified atom stereocenters. The van der Waals surface area contributed by atoms with Gasteiger partial charge >= 0.3 is 17.9 Å². The summed E-state index contributed by atoms with van der Waals surface area (Å²) in [5.41, 5.74) is -0.270. The first-order valence-electron chi connectivity index (χ1n) is 17.9. The molecule has 8 heteroatoms. The van der Waals surface area contributed by atoms with Crippen LogP contribution < -0.4 is 9.47 Å². The lowest BCUT2D eigenvalue weighted by Gasteiger charge is -2.36. The number of carboxylic acids is 1. The van der Waals surface area contributed by atoms with E-state index in [4.69, 9.17) is 18.9 Å². The predicted octanol–water partition coefficient (Wildman–Crippen LogP) is 9.53. The first-order chi connectivity index (χ1) is 24.3. The van der Waals surface area contributed by atoms with Gasteiger partial charge in [-0.15, -0.1) is 0 Å². The van der Waals surface area contributed by atoms with Crippen molar-refractivity contribution in [2.75, 3.05) is 13.2 Å². The lowest BCUT2D eigenvalue weighted by atomic mass is 9.78. The van der Waals surface area contributed by atoms with Gasteiger partial charge in [0.15, 0.2) is 5.60 Å². The Morgan fingerprint density at radius 2 is 1.18 bits per heavy atom. The molecule has 50 heavy (non-hydrogen) atoms. The second-order valence-corrected chi connectivity index (χ2v) is 12.7. The number of allylic oxidation sites excluding steroid dienone is 1. The highest BCUT2D eigenvalue weighted by Crippen LogP contribution is 2.36. The molecule has 1 N–H and O–H groups in total. The van der Waals surface area contributed by atoms with Crippen LogP contribution in [0.25, 0.3) is 0 Å². The average molecular weight is 683 g/mol. The van der Waals surface area contributed by atoms with Crippen LogP contribution in [0.5, 0.6) is 11.5 Å². The maximum Gasteiger partial charge on any atom is 0.343 e. The maximum absolute atomic E-state index is 13.5. The molecule has 3 aromatic carbocycles. The third-order valence-corrected chi connectivity index (χ3v) is 8.68. The molecule has 8 nitrogen and oxygen atoms in total. The highest BCUT2D eigenvalue weighted by atomic mass is 16.6. The number of esters is 2. The second kappa shape index (κ2) is 20.0. The predicted molar refractivity (Wildman–Crippen MR) is 193 cm³/mol. The summed E-state index contributed by atoms with van der Waals surface area (Å²) in [6, 6.07) is 22.5. The van der Waals surface area contributed by atoms with E-state index in [1.165, 1.54) is 56.8 Å². The van der Waals surface area contributed by atoms with Crippen molar-refractivity contribution in [3.63, 3.8) is 0 Å². The number of carbonyl (C=O) groups is 3. The van der Waals surface area contributed by atoms with E-state index in [-0.39, 0.29) is 23.3 Å². The van der Waals surface area contributed by atoms with Crippen LogP contribution >= 0.6 is 0 Å². The molecule has 0 saturated carbocycles. The molecule has 1 aliphatic carbocycles. The fourth-order valence-corrected chi connectivity index (χ4v) is 5.82. The molecule has 0 saturated heterocycles. The molecule has 266 valence electrons. The highest BCUT2D eigenvalue weighted by Gasteiger charge is 2.46. The topological polar surface area (TPSA) is 108 Å². The van der Waals surface area contributed by atoms with Crippen molar-refractivity contribution in [1.82, 2.24) is 0 Å². The Morgan fingerprint density at radius 1 is 0.660 bits per heavy atom. The van der Waals surface area contributed by atoms with E-state index in [1.54, 1.807) is 48.5 Å². The number of carbonyl (C=O) groups excluding carboxylic acids is 2. The van der Waals surface area contributed by atoms with Crippen LogP contribution in [-0.4, -0.2) is 41.8 Å². The van der Waals surface area contributed by atoms with Crippen molar-refractivity contribution in [3.8, 4) is 11.5 Å². The Balaban J connectivity index is 1.44. The molecule has 0 radical (unpaired) electrons. The summed E-state index contributed by atoms with van der Waals surface area (Å²) in [7, 11) is 0. The van der Waals surface area contributed by atoms with E-state index in [9.17, 15) is 19.5 Å². The summed E-state index contributed by atoms with van der Waals surface area (Å²) in [5, 5.41) is 10.4. The van der Waals surface area contributed by atoms with E-state index in [0.29, 0.717) is 24.7 Å². The zero-order valence-corrected chi connectivity index (χ0v) is 29.3. The minimum absolute atomic E-state index is 0.0470. The Hall–Kier alpha value is -4.85. The van der Waals surface area contributed by atoms with Gasteiger partial charge in [-0.2, -0.15) is 0 Å². The fraction of sp³-hybridized carbons (Fsp3) is 0.405. The van der Waals surface area contributed by atoms with Gasteiger partial charge in [0.2, 0.25) is 0 Å². The standard InChI is InChI=1S/C42H50O8/c1-3-5-7-9-14-28-47-35-22-18-33(19-23-35)40(45)49-37-26-27-42(38(30-37)39(43)44,31-32-16-12-11-13-17-32)50-41(46)34-20-24-36(25-21-34)48-29-15-10-8-6-4-2/h11-13,16-27,30,38H,3-10,14-15,28-29,31H2,1-2H3,(H,43,44). The van der Waals surface area contributed by atoms with Crippen molar-refractivity contribution in [1.29, 1.82) is 0 Å². The number of benzene rings is 3. The Bertz CT molecular complexity index is 1560. The zero-order chi connectivity index (χ0) is 35.6. The van der Waals surface area contributed by atoms with Crippen LogP contribution in [0.2, 0.25) is 0 Å². The van der Waals surface area contributed by atoms with Crippen LogP contribution in [0.3, 0.4) is 0 Å². The van der Waals surface area contributed by atoms with Gasteiger partial charge in [0.1, 0.15) is 23.2 Å². The molecular formula is C42H50O8. The quantitative estimate of drug-likeness (QED) is 0.0874. The Morgan fingerprint density at radius 3 is 1.70 bits per heavy atom. The average Bonchev–Trinajstić information content (AvgIpc) is 3.13. The van der Waals surface area contributed by atoms with Crippen LogP contribution in [0.4, 0.5) is 0 Å². The van der Waals surface area contributed by atoms with E-state index < -0.39 is 29.4 Å². The third-order valence-electron chi connectivity index (χ3n) is 8.68. The fourth-order valence-electron chi connectivity index (χ4n) is 5.82. The summed E-state index contributed by atoms with van der Waals surface area (Å²) < 4.78 is 23.3. The summed E-state index contributed by atoms with van der Waals surface area (Å²) in [4.78, 5) is 39.4. The SMILES string of the molecule is CCCCCCCOc1ccc(C(=O)OC2=CC(C(=O)O)C(Cc3ccccc3)(OC(=O)c3ccc(OCCCCCCC)cc3)C=C2)cc1. The lowest BCUT2D eigenvalue weighted by molar-refractivity contribution is -0.146. The van der Waals surface area contributed by atoms with Crippen molar-refractivity contribution in [2.45, 2.75) is 90.1 Å². The Kier molecular flexibility index (Phi) is 15.2. The molecular weight excluding hydrogens is 632 g/mol. The third kappa shape index (κ3) is 11.6. The lowest BCUT2D eigenvalue weighted by Crippen LogP contribution is -2.47. The second-order valence-electron chi connectivity index (χ2n) is 12.7. The van der Waals surface area contributed by atoms with Gasteiger partial charge in [-0.05, 0) is 85.2 Å². The van der Waals surface area contributed by atoms with Crippen molar-refractivity contribution in [3.05, 3.63) is 120 Å². The van der Waals surface area contributed by atoms with Gasteiger partial charge in [0.25, 0.3) is 0 Å². The number of carboxylic acid groups (broad SMARTS) is 1. The van der Waals surface area contributed by atoms with E-state index >= 15 is 0 Å². The maximum atomic E-state index is 13.5. The molecule has 0 aromatic heterocycles. The molecule has 0 bridgehead atoms. The zero-order valence-electron chi connectivity index (χ0n) is 29.3. The number of rotatable bonds is 21. The number of ether oxygens (including phenoxy) is 4. The molecule has 1 aliphatic rings. The summed E-state index contributed by atoms with van der Waals surface area (Å²) in [6.07, 6.45) is 15.7. The van der Waals surface area contributed by atoms with Gasteiger partial charge in [0, 0.05) is 6.42 Å². The number of hydrogen-bond donors (Lipinski definition) is 1. The van der Waals surface area contributed by atoms with Crippen LogP contribution in [0.15, 0.2) is 103 Å². The highest BCUT2D eigenvalue weighted by molar-refractivity contribution is 5.91. The first-order valence-corrected chi connectivity index (χ1v) is 17.9. The molecule has 0 amide bonds. The monoisotopic (exact) mass is 682 g/mol. The van der Waals surface area contributed by atoms with Gasteiger partial charge in [0.05, 0.1) is 24.3 Å². The van der Waals surface area contributed by atoms with Gasteiger partial charge in [-0.3, -0.25) is 4.79 Å². The van der Waals surface area contributed by atoms with Crippen molar-refractivity contribution < 1.29 is 38.4 Å². The number of hydrogen-bond acceptors (Lipinski definition) is 7. The number of unbranched alkanes of at least 4 members (excludes halogenated alkanes) is 8. The molecule has 4 rings (SSSR count). The molecule has 0 aliphatic heterocycles.